The number of aryl methyl sites for hydroxylation is 1. The van der Waals surface area contributed by atoms with E-state index in [1.54, 1.807) is 0 Å². The number of hydrogen-bond acceptors (Lipinski definition) is 3. The molecule has 0 aliphatic carbocycles. The SMILES string of the molecule is Cn1c(CN(CCCO)C(c2ccccc2)c2ccccc2)nc2ccccc21. The molecule has 0 amide bonds. The number of para-hydroxylation sites is 2. The minimum atomic E-state index is 0.101. The van der Waals surface area contributed by atoms with Gasteiger partial charge in [-0.15, -0.1) is 0 Å². The van der Waals surface area contributed by atoms with Gasteiger partial charge in [-0.05, 0) is 29.7 Å². The van der Waals surface area contributed by atoms with E-state index in [2.05, 4.69) is 89.3 Å². The van der Waals surface area contributed by atoms with Crippen LogP contribution in [0.5, 0.6) is 0 Å². The molecule has 0 unspecified atom stereocenters. The zero-order valence-electron chi connectivity index (χ0n) is 16.8. The van der Waals surface area contributed by atoms with Crippen molar-refractivity contribution in [2.45, 2.75) is 19.0 Å². The molecule has 4 rings (SSSR count). The fraction of sp³-hybridized carbons (Fsp3) is 0.240. The van der Waals surface area contributed by atoms with Gasteiger partial charge in [0, 0.05) is 20.2 Å². The first-order valence-corrected chi connectivity index (χ1v) is 10.1. The molecule has 0 aliphatic heterocycles. The minimum Gasteiger partial charge on any atom is -0.396 e. The summed E-state index contributed by atoms with van der Waals surface area (Å²) in [5.41, 5.74) is 4.65. The lowest BCUT2D eigenvalue weighted by Crippen LogP contribution is -2.31. The van der Waals surface area contributed by atoms with E-state index in [1.165, 1.54) is 11.1 Å². The van der Waals surface area contributed by atoms with E-state index in [1.807, 2.05) is 12.1 Å². The standard InChI is InChI=1S/C25H27N3O/c1-27-23-16-9-8-15-22(23)26-24(27)19-28(17-10-18-29)25(20-11-4-2-5-12-20)21-13-6-3-7-14-21/h2-9,11-16,25,29H,10,17-19H2,1H3. The number of aliphatic hydroxyl groups excluding tert-OH is 1. The van der Waals surface area contributed by atoms with Crippen LogP contribution in [0.25, 0.3) is 11.0 Å². The van der Waals surface area contributed by atoms with Gasteiger partial charge < -0.3 is 9.67 Å². The van der Waals surface area contributed by atoms with Gasteiger partial charge in [-0.25, -0.2) is 4.98 Å². The first kappa shape index (κ1) is 19.4. The summed E-state index contributed by atoms with van der Waals surface area (Å²) in [4.78, 5) is 7.31. The molecule has 4 nitrogen and oxygen atoms in total. The highest BCUT2D eigenvalue weighted by Gasteiger charge is 2.24. The van der Waals surface area contributed by atoms with Gasteiger partial charge in [-0.2, -0.15) is 0 Å². The Morgan fingerprint density at radius 2 is 1.45 bits per heavy atom. The minimum absolute atomic E-state index is 0.101. The Hall–Kier alpha value is -2.95. The van der Waals surface area contributed by atoms with Gasteiger partial charge in [0.05, 0.1) is 23.6 Å². The summed E-state index contributed by atoms with van der Waals surface area (Å²) in [5, 5.41) is 9.53. The van der Waals surface area contributed by atoms with Crippen LogP contribution in [-0.4, -0.2) is 32.7 Å². The molecule has 0 atom stereocenters. The van der Waals surface area contributed by atoms with Gasteiger partial charge in [0.25, 0.3) is 0 Å². The van der Waals surface area contributed by atoms with E-state index in [0.717, 1.165) is 29.8 Å². The summed E-state index contributed by atoms with van der Waals surface area (Å²) >= 11 is 0. The van der Waals surface area contributed by atoms with E-state index in [4.69, 9.17) is 4.98 Å². The fourth-order valence-corrected chi connectivity index (χ4v) is 3.98. The molecule has 1 aromatic heterocycles. The molecular formula is C25H27N3O. The Morgan fingerprint density at radius 3 is 2.03 bits per heavy atom. The van der Waals surface area contributed by atoms with Gasteiger partial charge in [0.15, 0.2) is 0 Å². The highest BCUT2D eigenvalue weighted by atomic mass is 16.3. The molecule has 148 valence electrons. The summed E-state index contributed by atoms with van der Waals surface area (Å²) in [5.74, 6) is 1.03. The first-order valence-electron chi connectivity index (χ1n) is 10.1. The van der Waals surface area contributed by atoms with Gasteiger partial charge in [0.2, 0.25) is 0 Å². The van der Waals surface area contributed by atoms with Crippen LogP contribution in [0.1, 0.15) is 29.4 Å². The Kier molecular flexibility index (Phi) is 6.03. The van der Waals surface area contributed by atoms with Crippen molar-refractivity contribution in [2.24, 2.45) is 7.05 Å². The molecule has 0 spiro atoms. The maximum atomic E-state index is 9.53. The number of fused-ring (bicyclic) bond motifs is 1. The summed E-state index contributed by atoms with van der Waals surface area (Å²) in [6.45, 7) is 1.67. The third-order valence-electron chi connectivity index (χ3n) is 5.42. The third-order valence-corrected chi connectivity index (χ3v) is 5.42. The number of benzene rings is 3. The maximum absolute atomic E-state index is 9.53. The van der Waals surface area contributed by atoms with Crippen molar-refractivity contribution < 1.29 is 5.11 Å². The van der Waals surface area contributed by atoms with Crippen LogP contribution in [-0.2, 0) is 13.6 Å². The molecular weight excluding hydrogens is 358 g/mol. The van der Waals surface area contributed by atoms with E-state index in [-0.39, 0.29) is 12.6 Å². The second-order valence-electron chi connectivity index (χ2n) is 7.35. The zero-order valence-corrected chi connectivity index (χ0v) is 16.8. The molecule has 0 bridgehead atoms. The molecule has 4 heteroatoms. The molecule has 0 radical (unpaired) electrons. The Bertz CT molecular complexity index is 1000. The highest BCUT2D eigenvalue weighted by Crippen LogP contribution is 2.30. The summed E-state index contributed by atoms with van der Waals surface area (Å²) in [6, 6.07) is 29.5. The van der Waals surface area contributed by atoms with E-state index in [0.29, 0.717) is 6.54 Å². The summed E-state index contributed by atoms with van der Waals surface area (Å²) in [7, 11) is 2.08. The number of hydrogen-bond donors (Lipinski definition) is 1. The molecule has 0 aliphatic rings. The van der Waals surface area contributed by atoms with Crippen LogP contribution in [0.4, 0.5) is 0 Å². The monoisotopic (exact) mass is 385 g/mol. The predicted molar refractivity (Wildman–Crippen MR) is 118 cm³/mol. The number of aliphatic hydroxyl groups is 1. The Balaban J connectivity index is 1.75. The molecule has 3 aromatic carbocycles. The molecule has 0 fully saturated rings. The van der Waals surface area contributed by atoms with Gasteiger partial charge >= 0.3 is 0 Å². The Labute approximate surface area is 172 Å². The molecule has 0 saturated carbocycles. The van der Waals surface area contributed by atoms with Crippen molar-refractivity contribution in [2.75, 3.05) is 13.2 Å². The van der Waals surface area contributed by atoms with Crippen molar-refractivity contribution in [1.29, 1.82) is 0 Å². The smallest absolute Gasteiger partial charge is 0.123 e. The van der Waals surface area contributed by atoms with Crippen molar-refractivity contribution in [3.05, 3.63) is 102 Å². The molecule has 0 saturated heterocycles. The largest absolute Gasteiger partial charge is 0.396 e. The topological polar surface area (TPSA) is 41.3 Å². The van der Waals surface area contributed by atoms with Crippen molar-refractivity contribution in [3.8, 4) is 0 Å². The third kappa shape index (κ3) is 4.24. The van der Waals surface area contributed by atoms with E-state index >= 15 is 0 Å². The number of nitrogens with zero attached hydrogens (tertiary/aromatic N) is 3. The normalized spacial score (nSPS) is 11.6. The summed E-state index contributed by atoms with van der Waals surface area (Å²) < 4.78 is 2.17. The van der Waals surface area contributed by atoms with E-state index < -0.39 is 0 Å². The first-order chi connectivity index (χ1) is 14.3. The van der Waals surface area contributed by atoms with Gasteiger partial charge in [-0.3, -0.25) is 4.90 Å². The quantitative estimate of drug-likeness (QED) is 0.484. The van der Waals surface area contributed by atoms with Crippen LogP contribution in [0.2, 0.25) is 0 Å². The van der Waals surface area contributed by atoms with Crippen molar-refractivity contribution in [1.82, 2.24) is 14.5 Å². The number of imidazole rings is 1. The molecule has 29 heavy (non-hydrogen) atoms. The van der Waals surface area contributed by atoms with Crippen LogP contribution in [0, 0.1) is 0 Å². The van der Waals surface area contributed by atoms with Crippen LogP contribution in [0.15, 0.2) is 84.9 Å². The maximum Gasteiger partial charge on any atom is 0.123 e. The van der Waals surface area contributed by atoms with Crippen molar-refractivity contribution >= 4 is 11.0 Å². The molecule has 4 aromatic rings. The number of rotatable bonds is 8. The van der Waals surface area contributed by atoms with Crippen LogP contribution < -0.4 is 0 Å². The average molecular weight is 386 g/mol. The molecule has 1 heterocycles. The van der Waals surface area contributed by atoms with Gasteiger partial charge in [0.1, 0.15) is 5.82 Å². The van der Waals surface area contributed by atoms with Crippen molar-refractivity contribution in [3.63, 3.8) is 0 Å². The fourth-order valence-electron chi connectivity index (χ4n) is 3.98. The van der Waals surface area contributed by atoms with Crippen LogP contribution >= 0.6 is 0 Å². The zero-order chi connectivity index (χ0) is 20.1. The number of aromatic nitrogens is 2. The highest BCUT2D eigenvalue weighted by molar-refractivity contribution is 5.75. The predicted octanol–water partition coefficient (Wildman–Crippen LogP) is 4.55. The Morgan fingerprint density at radius 1 is 0.862 bits per heavy atom. The van der Waals surface area contributed by atoms with Gasteiger partial charge in [-0.1, -0.05) is 72.8 Å². The summed E-state index contributed by atoms with van der Waals surface area (Å²) in [6.07, 6.45) is 0.722. The lowest BCUT2D eigenvalue weighted by Gasteiger charge is -2.32. The van der Waals surface area contributed by atoms with E-state index in [9.17, 15) is 5.11 Å². The van der Waals surface area contributed by atoms with Crippen LogP contribution in [0.3, 0.4) is 0 Å². The lowest BCUT2D eigenvalue weighted by atomic mass is 9.96. The molecule has 1 N–H and O–H groups in total. The second kappa shape index (κ2) is 9.03. The second-order valence-corrected chi connectivity index (χ2v) is 7.35. The lowest BCUT2D eigenvalue weighted by molar-refractivity contribution is 0.182. The average Bonchev–Trinajstić information content (AvgIpc) is 3.09.